The van der Waals surface area contributed by atoms with Gasteiger partial charge in [-0.05, 0) is 66.0 Å². The number of nitrogens with zero attached hydrogens (tertiary/aromatic N) is 2. The second kappa shape index (κ2) is 9.98. The third kappa shape index (κ3) is 5.51. The van der Waals surface area contributed by atoms with Crippen molar-refractivity contribution in [2.24, 2.45) is 5.10 Å². The van der Waals surface area contributed by atoms with E-state index in [0.717, 1.165) is 29.8 Å². The third-order valence-corrected chi connectivity index (χ3v) is 4.92. The third-order valence-electron chi connectivity index (χ3n) is 4.73. The Labute approximate surface area is 176 Å². The molecule has 0 aliphatic rings. The van der Waals surface area contributed by atoms with Gasteiger partial charge in [-0.25, -0.2) is 4.39 Å². The van der Waals surface area contributed by atoms with Crippen molar-refractivity contribution in [1.29, 1.82) is 0 Å². The van der Waals surface area contributed by atoms with Gasteiger partial charge in [0, 0.05) is 18.4 Å². The molecule has 0 amide bonds. The van der Waals surface area contributed by atoms with Crippen LogP contribution in [0.4, 0.5) is 10.1 Å². The van der Waals surface area contributed by atoms with Gasteiger partial charge in [0.15, 0.2) is 5.11 Å². The SMILES string of the molecule is CCc1cccc(CC)c1NC(=S)N/N=C\c1cccn1Cc1ccc(F)cc1. The van der Waals surface area contributed by atoms with Crippen LogP contribution in [0.2, 0.25) is 0 Å². The van der Waals surface area contributed by atoms with Gasteiger partial charge in [0.05, 0.1) is 11.9 Å². The predicted octanol–water partition coefficient (Wildman–Crippen LogP) is 5.12. The van der Waals surface area contributed by atoms with Gasteiger partial charge < -0.3 is 9.88 Å². The molecule has 0 bridgehead atoms. The van der Waals surface area contributed by atoms with Crippen molar-refractivity contribution in [1.82, 2.24) is 9.99 Å². The van der Waals surface area contributed by atoms with Crippen molar-refractivity contribution in [3.8, 4) is 0 Å². The van der Waals surface area contributed by atoms with Crippen molar-refractivity contribution in [2.75, 3.05) is 5.32 Å². The summed E-state index contributed by atoms with van der Waals surface area (Å²) in [6.45, 7) is 4.90. The van der Waals surface area contributed by atoms with Gasteiger partial charge in [-0.3, -0.25) is 5.43 Å². The summed E-state index contributed by atoms with van der Waals surface area (Å²) >= 11 is 5.42. The van der Waals surface area contributed by atoms with E-state index in [1.165, 1.54) is 23.3 Å². The molecule has 2 aromatic carbocycles. The highest BCUT2D eigenvalue weighted by atomic mass is 32.1. The van der Waals surface area contributed by atoms with Crippen molar-refractivity contribution in [3.05, 3.63) is 89.0 Å². The van der Waals surface area contributed by atoms with Crippen LogP contribution in [0.25, 0.3) is 0 Å². The van der Waals surface area contributed by atoms with E-state index in [2.05, 4.69) is 47.9 Å². The van der Waals surface area contributed by atoms with Gasteiger partial charge in [-0.1, -0.05) is 44.2 Å². The molecule has 0 atom stereocenters. The molecule has 6 heteroatoms. The molecule has 0 fully saturated rings. The van der Waals surface area contributed by atoms with E-state index in [0.29, 0.717) is 11.7 Å². The van der Waals surface area contributed by atoms with Gasteiger partial charge in [-0.2, -0.15) is 5.10 Å². The number of hydrogen-bond donors (Lipinski definition) is 2. The summed E-state index contributed by atoms with van der Waals surface area (Å²) in [5.74, 6) is -0.232. The molecular weight excluding hydrogens is 383 g/mol. The highest BCUT2D eigenvalue weighted by Crippen LogP contribution is 2.22. The monoisotopic (exact) mass is 408 g/mol. The molecule has 0 aliphatic carbocycles. The normalized spacial score (nSPS) is 11.0. The largest absolute Gasteiger partial charge is 0.342 e. The Morgan fingerprint density at radius 3 is 2.38 bits per heavy atom. The van der Waals surface area contributed by atoms with E-state index in [9.17, 15) is 4.39 Å². The molecule has 150 valence electrons. The number of aryl methyl sites for hydroxylation is 2. The molecular formula is C23H25FN4S. The average Bonchev–Trinajstić information content (AvgIpc) is 3.16. The van der Waals surface area contributed by atoms with Crippen LogP contribution in [0, 0.1) is 5.82 Å². The lowest BCUT2D eigenvalue weighted by Crippen LogP contribution is -2.25. The first-order valence-corrected chi connectivity index (χ1v) is 10.1. The number of hydrogen-bond acceptors (Lipinski definition) is 2. The smallest absolute Gasteiger partial charge is 0.191 e. The number of para-hydroxylation sites is 1. The Bertz CT molecular complexity index is 970. The molecule has 0 saturated heterocycles. The quantitative estimate of drug-likeness (QED) is 0.324. The Morgan fingerprint density at radius 2 is 1.72 bits per heavy atom. The number of hydrazone groups is 1. The van der Waals surface area contributed by atoms with Crippen LogP contribution >= 0.6 is 12.2 Å². The zero-order valence-electron chi connectivity index (χ0n) is 16.7. The van der Waals surface area contributed by atoms with Gasteiger partial charge >= 0.3 is 0 Å². The number of aromatic nitrogens is 1. The summed E-state index contributed by atoms with van der Waals surface area (Å²) in [6.07, 6.45) is 5.55. The minimum absolute atomic E-state index is 0.232. The number of nitrogens with one attached hydrogen (secondary N) is 2. The van der Waals surface area contributed by atoms with Gasteiger partial charge in [0.2, 0.25) is 0 Å². The number of halogens is 1. The number of thiocarbonyl (C=S) groups is 1. The van der Waals surface area contributed by atoms with Crippen LogP contribution in [0.15, 0.2) is 65.9 Å². The molecule has 1 heterocycles. The summed E-state index contributed by atoms with van der Waals surface area (Å²) in [7, 11) is 0. The van der Waals surface area contributed by atoms with Crippen LogP contribution in [0.5, 0.6) is 0 Å². The molecule has 29 heavy (non-hydrogen) atoms. The summed E-state index contributed by atoms with van der Waals surface area (Å²) in [6, 6.07) is 16.7. The molecule has 0 radical (unpaired) electrons. The second-order valence-electron chi connectivity index (χ2n) is 6.67. The molecule has 4 nitrogen and oxygen atoms in total. The minimum atomic E-state index is -0.232. The molecule has 2 N–H and O–H groups in total. The lowest BCUT2D eigenvalue weighted by Gasteiger charge is -2.15. The molecule has 3 rings (SSSR count). The summed E-state index contributed by atoms with van der Waals surface area (Å²) < 4.78 is 15.1. The number of anilines is 1. The second-order valence-corrected chi connectivity index (χ2v) is 7.08. The molecule has 3 aromatic rings. The maximum atomic E-state index is 13.1. The van der Waals surface area contributed by atoms with Crippen LogP contribution in [-0.2, 0) is 19.4 Å². The highest BCUT2D eigenvalue weighted by Gasteiger charge is 2.07. The van der Waals surface area contributed by atoms with Crippen LogP contribution in [-0.4, -0.2) is 15.9 Å². The van der Waals surface area contributed by atoms with Crippen molar-refractivity contribution in [3.63, 3.8) is 0 Å². The van der Waals surface area contributed by atoms with Gasteiger partial charge in [-0.15, -0.1) is 0 Å². The Balaban J connectivity index is 1.63. The summed E-state index contributed by atoms with van der Waals surface area (Å²) in [4.78, 5) is 0. The standard InChI is InChI=1S/C23H25FN4S/c1-3-18-7-5-8-19(4-2)22(18)26-23(29)27-25-15-21-9-6-14-28(21)16-17-10-12-20(24)13-11-17/h5-15H,3-4,16H2,1-2H3,(H2,26,27,29)/b25-15-. The van der Waals surface area contributed by atoms with Crippen LogP contribution in [0.3, 0.4) is 0 Å². The van der Waals surface area contributed by atoms with Gasteiger partial charge in [0.1, 0.15) is 5.82 Å². The molecule has 0 spiro atoms. The summed E-state index contributed by atoms with van der Waals surface area (Å²) in [5, 5.41) is 8.02. The van der Waals surface area contributed by atoms with E-state index in [4.69, 9.17) is 12.2 Å². The van der Waals surface area contributed by atoms with Crippen molar-refractivity contribution in [2.45, 2.75) is 33.2 Å². The fourth-order valence-electron chi connectivity index (χ4n) is 3.18. The first-order valence-electron chi connectivity index (χ1n) is 9.71. The Kier molecular flexibility index (Phi) is 7.14. The highest BCUT2D eigenvalue weighted by molar-refractivity contribution is 7.80. The molecule has 1 aromatic heterocycles. The minimum Gasteiger partial charge on any atom is -0.342 e. The van der Waals surface area contributed by atoms with E-state index in [-0.39, 0.29) is 5.82 Å². The maximum absolute atomic E-state index is 13.1. The van der Waals surface area contributed by atoms with E-state index >= 15 is 0 Å². The summed E-state index contributed by atoms with van der Waals surface area (Å²) in [5.41, 5.74) is 8.36. The lowest BCUT2D eigenvalue weighted by molar-refractivity contribution is 0.626. The molecule has 0 unspecified atom stereocenters. The number of benzene rings is 2. The van der Waals surface area contributed by atoms with Crippen molar-refractivity contribution < 1.29 is 4.39 Å². The van der Waals surface area contributed by atoms with Crippen LogP contribution < -0.4 is 10.7 Å². The topological polar surface area (TPSA) is 41.4 Å². The van der Waals surface area contributed by atoms with Crippen molar-refractivity contribution >= 4 is 29.2 Å². The zero-order chi connectivity index (χ0) is 20.6. The fourth-order valence-corrected chi connectivity index (χ4v) is 3.33. The zero-order valence-corrected chi connectivity index (χ0v) is 17.5. The average molecular weight is 409 g/mol. The van der Waals surface area contributed by atoms with Gasteiger partial charge in [0.25, 0.3) is 0 Å². The Hall–Kier alpha value is -2.99. The Morgan fingerprint density at radius 1 is 1.03 bits per heavy atom. The first kappa shape index (κ1) is 20.7. The van der Waals surface area contributed by atoms with Crippen LogP contribution in [0.1, 0.15) is 36.2 Å². The predicted molar refractivity (Wildman–Crippen MR) is 122 cm³/mol. The van der Waals surface area contributed by atoms with E-state index in [1.807, 2.05) is 22.9 Å². The van der Waals surface area contributed by atoms with E-state index < -0.39 is 0 Å². The number of rotatable bonds is 7. The molecule has 0 aliphatic heterocycles. The maximum Gasteiger partial charge on any atom is 0.191 e. The first-order chi connectivity index (χ1) is 14.1. The van der Waals surface area contributed by atoms with E-state index in [1.54, 1.807) is 18.3 Å². The molecule has 0 saturated carbocycles. The fraction of sp³-hybridized carbons (Fsp3) is 0.217. The lowest BCUT2D eigenvalue weighted by atomic mass is 10.0.